The van der Waals surface area contributed by atoms with Gasteiger partial charge in [0, 0.05) is 5.56 Å². The number of aryl methyl sites for hydroxylation is 2. The second-order valence-electron chi connectivity index (χ2n) is 8.31. The van der Waals surface area contributed by atoms with Crippen molar-refractivity contribution in [1.82, 2.24) is 9.97 Å². The summed E-state index contributed by atoms with van der Waals surface area (Å²) in [6, 6.07) is 17.3. The first-order chi connectivity index (χ1) is 15.3. The van der Waals surface area contributed by atoms with Crippen molar-refractivity contribution < 1.29 is 4.74 Å². The van der Waals surface area contributed by atoms with Crippen LogP contribution in [0.3, 0.4) is 0 Å². The van der Waals surface area contributed by atoms with E-state index in [0.717, 1.165) is 17.8 Å². The number of aromatic nitrogens is 2. The molecule has 3 aromatic rings. The standard InChI is InChI=1S/C28H36N2O/c1-3-5-7-8-9-11-24-12-14-25(15-13-24)22-31-27-20-29-28(30-21-27)26-18-16-23(17-19-26)10-6-4-2/h12-21H,3-11,22H2,1-2H3. The Bertz CT molecular complexity index is 870. The second-order valence-corrected chi connectivity index (χ2v) is 8.31. The molecule has 3 heteroatoms. The number of nitrogens with zero attached hydrogens (tertiary/aromatic N) is 2. The topological polar surface area (TPSA) is 35.0 Å². The van der Waals surface area contributed by atoms with Gasteiger partial charge in [0.25, 0.3) is 0 Å². The predicted molar refractivity (Wildman–Crippen MR) is 129 cm³/mol. The summed E-state index contributed by atoms with van der Waals surface area (Å²) in [4.78, 5) is 8.97. The molecule has 164 valence electrons. The molecule has 0 atom stereocenters. The molecule has 0 saturated carbocycles. The first-order valence-electron chi connectivity index (χ1n) is 11.9. The highest BCUT2D eigenvalue weighted by Gasteiger charge is 2.04. The molecule has 0 aliphatic carbocycles. The molecule has 1 aromatic heterocycles. The highest BCUT2D eigenvalue weighted by Crippen LogP contribution is 2.19. The summed E-state index contributed by atoms with van der Waals surface area (Å²) in [5.41, 5.74) is 4.99. The molecule has 3 rings (SSSR count). The Morgan fingerprint density at radius 1 is 0.613 bits per heavy atom. The minimum absolute atomic E-state index is 0.533. The fourth-order valence-electron chi connectivity index (χ4n) is 3.64. The SMILES string of the molecule is CCCCCCCc1ccc(COc2cnc(-c3ccc(CCCC)cc3)nc2)cc1. The van der Waals surface area contributed by atoms with Crippen molar-refractivity contribution in [3.05, 3.63) is 77.6 Å². The maximum Gasteiger partial charge on any atom is 0.159 e. The summed E-state index contributed by atoms with van der Waals surface area (Å²) in [5.74, 6) is 1.43. The lowest BCUT2D eigenvalue weighted by molar-refractivity contribution is 0.303. The van der Waals surface area contributed by atoms with Crippen LogP contribution >= 0.6 is 0 Å². The summed E-state index contributed by atoms with van der Waals surface area (Å²) >= 11 is 0. The van der Waals surface area contributed by atoms with Crippen LogP contribution in [0.25, 0.3) is 11.4 Å². The van der Waals surface area contributed by atoms with Gasteiger partial charge in [0.2, 0.25) is 0 Å². The van der Waals surface area contributed by atoms with Crippen LogP contribution in [0, 0.1) is 0 Å². The Labute approximate surface area is 187 Å². The van der Waals surface area contributed by atoms with Crippen LogP contribution < -0.4 is 4.74 Å². The minimum Gasteiger partial charge on any atom is -0.486 e. The first kappa shape index (κ1) is 23.0. The third-order valence-electron chi connectivity index (χ3n) is 5.66. The smallest absolute Gasteiger partial charge is 0.159 e. The van der Waals surface area contributed by atoms with E-state index in [2.05, 4.69) is 72.3 Å². The van der Waals surface area contributed by atoms with Crippen LogP contribution in [0.5, 0.6) is 5.75 Å². The molecule has 2 aromatic carbocycles. The van der Waals surface area contributed by atoms with E-state index in [0.29, 0.717) is 12.4 Å². The fourth-order valence-corrected chi connectivity index (χ4v) is 3.64. The van der Waals surface area contributed by atoms with Crippen LogP contribution in [0.1, 0.15) is 75.5 Å². The van der Waals surface area contributed by atoms with Crippen molar-refractivity contribution in [3.63, 3.8) is 0 Å². The largest absolute Gasteiger partial charge is 0.486 e. The number of hydrogen-bond acceptors (Lipinski definition) is 3. The van der Waals surface area contributed by atoms with Gasteiger partial charge < -0.3 is 4.74 Å². The first-order valence-corrected chi connectivity index (χ1v) is 11.9. The van der Waals surface area contributed by atoms with Gasteiger partial charge >= 0.3 is 0 Å². The van der Waals surface area contributed by atoms with Gasteiger partial charge in [0.1, 0.15) is 6.61 Å². The number of rotatable bonds is 13. The molecule has 0 amide bonds. The molecule has 0 saturated heterocycles. The van der Waals surface area contributed by atoms with Crippen molar-refractivity contribution in [2.75, 3.05) is 0 Å². The van der Waals surface area contributed by atoms with Crippen molar-refractivity contribution in [2.24, 2.45) is 0 Å². The van der Waals surface area contributed by atoms with Crippen LogP contribution in [-0.4, -0.2) is 9.97 Å². The zero-order valence-corrected chi connectivity index (χ0v) is 19.1. The lowest BCUT2D eigenvalue weighted by atomic mass is 10.0. The average Bonchev–Trinajstić information content (AvgIpc) is 2.83. The number of hydrogen-bond donors (Lipinski definition) is 0. The van der Waals surface area contributed by atoms with Gasteiger partial charge in [-0.15, -0.1) is 0 Å². The monoisotopic (exact) mass is 416 g/mol. The molecule has 0 aliphatic heterocycles. The Kier molecular flexibility index (Phi) is 9.56. The van der Waals surface area contributed by atoms with E-state index in [4.69, 9.17) is 4.74 Å². The molecule has 3 nitrogen and oxygen atoms in total. The minimum atomic E-state index is 0.533. The zero-order chi connectivity index (χ0) is 21.7. The van der Waals surface area contributed by atoms with E-state index < -0.39 is 0 Å². The molecule has 0 fully saturated rings. The third kappa shape index (κ3) is 7.82. The lowest BCUT2D eigenvalue weighted by Crippen LogP contribution is -1.98. The van der Waals surface area contributed by atoms with Gasteiger partial charge in [-0.1, -0.05) is 94.5 Å². The Balaban J connectivity index is 1.45. The molecule has 0 aliphatic rings. The number of ether oxygens (including phenoxy) is 1. The van der Waals surface area contributed by atoms with E-state index >= 15 is 0 Å². The predicted octanol–water partition coefficient (Wildman–Crippen LogP) is 7.58. The summed E-state index contributed by atoms with van der Waals surface area (Å²) in [5, 5.41) is 0. The van der Waals surface area contributed by atoms with Gasteiger partial charge in [0.15, 0.2) is 11.6 Å². The highest BCUT2D eigenvalue weighted by atomic mass is 16.5. The van der Waals surface area contributed by atoms with Crippen LogP contribution in [0.4, 0.5) is 0 Å². The van der Waals surface area contributed by atoms with Crippen molar-refractivity contribution in [2.45, 2.75) is 78.2 Å². The normalized spacial score (nSPS) is 10.9. The second kappa shape index (κ2) is 12.9. The molecule has 0 N–H and O–H groups in total. The summed E-state index contributed by atoms with van der Waals surface area (Å²) in [6.45, 7) is 5.01. The summed E-state index contributed by atoms with van der Waals surface area (Å²) in [7, 11) is 0. The molecule has 31 heavy (non-hydrogen) atoms. The summed E-state index contributed by atoms with van der Waals surface area (Å²) < 4.78 is 5.89. The quantitative estimate of drug-likeness (QED) is 0.269. The van der Waals surface area contributed by atoms with Crippen LogP contribution in [-0.2, 0) is 19.4 Å². The molecule has 1 heterocycles. The van der Waals surface area contributed by atoms with Gasteiger partial charge in [-0.25, -0.2) is 9.97 Å². The fraction of sp³-hybridized carbons (Fsp3) is 0.429. The molecular weight excluding hydrogens is 380 g/mol. The average molecular weight is 417 g/mol. The van der Waals surface area contributed by atoms with Crippen LogP contribution in [0.15, 0.2) is 60.9 Å². The van der Waals surface area contributed by atoms with Crippen LogP contribution in [0.2, 0.25) is 0 Å². The van der Waals surface area contributed by atoms with E-state index in [9.17, 15) is 0 Å². The Morgan fingerprint density at radius 3 is 1.81 bits per heavy atom. The van der Waals surface area contributed by atoms with E-state index in [-0.39, 0.29) is 0 Å². The maximum absolute atomic E-state index is 5.89. The number of unbranched alkanes of at least 4 members (excludes halogenated alkanes) is 5. The maximum atomic E-state index is 5.89. The summed E-state index contributed by atoms with van der Waals surface area (Å²) in [6.07, 6.45) is 14.9. The van der Waals surface area contributed by atoms with Crippen molar-refractivity contribution >= 4 is 0 Å². The molecule has 0 bridgehead atoms. The van der Waals surface area contributed by atoms with Gasteiger partial charge in [-0.2, -0.15) is 0 Å². The Hall–Kier alpha value is -2.68. The zero-order valence-electron chi connectivity index (χ0n) is 19.1. The van der Waals surface area contributed by atoms with E-state index in [1.165, 1.54) is 68.1 Å². The lowest BCUT2D eigenvalue weighted by Gasteiger charge is -2.08. The molecule has 0 spiro atoms. The van der Waals surface area contributed by atoms with Gasteiger partial charge in [0.05, 0.1) is 12.4 Å². The molecule has 0 unspecified atom stereocenters. The van der Waals surface area contributed by atoms with Crippen molar-refractivity contribution in [3.8, 4) is 17.1 Å². The third-order valence-corrected chi connectivity index (χ3v) is 5.66. The Morgan fingerprint density at radius 2 is 1.16 bits per heavy atom. The highest BCUT2D eigenvalue weighted by molar-refractivity contribution is 5.55. The van der Waals surface area contributed by atoms with E-state index in [1.54, 1.807) is 12.4 Å². The van der Waals surface area contributed by atoms with Gasteiger partial charge in [-0.3, -0.25) is 0 Å². The van der Waals surface area contributed by atoms with Gasteiger partial charge in [-0.05, 0) is 42.4 Å². The molecular formula is C28H36N2O. The molecule has 0 radical (unpaired) electrons. The van der Waals surface area contributed by atoms with E-state index in [1.807, 2.05) is 0 Å². The number of benzene rings is 2. The van der Waals surface area contributed by atoms with Crippen molar-refractivity contribution in [1.29, 1.82) is 0 Å².